The third kappa shape index (κ3) is 3.75. The first-order valence-corrected chi connectivity index (χ1v) is 7.88. The Bertz CT molecular complexity index is 776. The lowest BCUT2D eigenvalue weighted by Crippen LogP contribution is -2.32. The Morgan fingerprint density at radius 3 is 2.44 bits per heavy atom. The van der Waals surface area contributed by atoms with Crippen LogP contribution >= 0.6 is 0 Å². The third-order valence-corrected chi connectivity index (χ3v) is 4.30. The van der Waals surface area contributed by atoms with Gasteiger partial charge in [0.05, 0.1) is 0 Å². The fourth-order valence-electron chi connectivity index (χ4n) is 2.96. The molecule has 1 amide bonds. The number of nitrogens with one attached hydrogen (secondary N) is 1. The average molecular weight is 352 g/mol. The number of nitrogens with zero attached hydrogens (tertiary/aromatic N) is 1. The zero-order valence-electron chi connectivity index (χ0n) is 13.2. The lowest BCUT2D eigenvalue weighted by Gasteiger charge is -2.19. The van der Waals surface area contributed by atoms with E-state index in [1.807, 2.05) is 4.90 Å². The standard InChI is InChI=1S/C18H16F4N2O/c19-13-5-4-12(8-16(13)22)24-7-6-11(10-24)9-23-18(25)17-14(20)2-1-3-15(17)21/h1-5,8,11H,6-7,9-10H2,(H,23,25)/t11-/m1/s1. The molecule has 0 aliphatic carbocycles. The molecule has 1 fully saturated rings. The second-order valence-electron chi connectivity index (χ2n) is 6.01. The van der Waals surface area contributed by atoms with Crippen molar-refractivity contribution in [2.75, 3.05) is 24.5 Å². The molecule has 3 nitrogen and oxygen atoms in total. The molecule has 0 saturated carbocycles. The maximum Gasteiger partial charge on any atom is 0.257 e. The van der Waals surface area contributed by atoms with Crippen LogP contribution in [0.1, 0.15) is 16.8 Å². The number of carbonyl (C=O) groups excluding carboxylic acids is 1. The summed E-state index contributed by atoms with van der Waals surface area (Å²) in [5.41, 5.74) is -0.0363. The second-order valence-corrected chi connectivity index (χ2v) is 6.01. The monoisotopic (exact) mass is 352 g/mol. The molecule has 132 valence electrons. The first-order valence-electron chi connectivity index (χ1n) is 7.88. The molecule has 1 N–H and O–H groups in total. The summed E-state index contributed by atoms with van der Waals surface area (Å²) in [6.07, 6.45) is 0.721. The summed E-state index contributed by atoms with van der Waals surface area (Å²) in [7, 11) is 0. The van der Waals surface area contributed by atoms with E-state index in [9.17, 15) is 22.4 Å². The second kappa shape index (κ2) is 7.13. The molecule has 1 saturated heterocycles. The largest absolute Gasteiger partial charge is 0.371 e. The molecule has 0 unspecified atom stereocenters. The summed E-state index contributed by atoms with van der Waals surface area (Å²) >= 11 is 0. The molecular weight excluding hydrogens is 336 g/mol. The molecule has 1 aliphatic heterocycles. The minimum absolute atomic E-state index is 0.0481. The molecule has 2 aromatic carbocycles. The van der Waals surface area contributed by atoms with Crippen LogP contribution in [-0.4, -0.2) is 25.5 Å². The number of anilines is 1. The SMILES string of the molecule is O=C(NC[C@H]1CCN(c2ccc(F)c(F)c2)C1)c1c(F)cccc1F. The van der Waals surface area contributed by atoms with E-state index in [4.69, 9.17) is 0 Å². The summed E-state index contributed by atoms with van der Waals surface area (Å²) < 4.78 is 53.5. The van der Waals surface area contributed by atoms with E-state index in [-0.39, 0.29) is 12.5 Å². The van der Waals surface area contributed by atoms with E-state index < -0.39 is 34.7 Å². The quantitative estimate of drug-likeness (QED) is 0.855. The van der Waals surface area contributed by atoms with E-state index in [1.54, 1.807) is 0 Å². The highest BCUT2D eigenvalue weighted by atomic mass is 19.2. The summed E-state index contributed by atoms with van der Waals surface area (Å²) in [5.74, 6) is -4.39. The van der Waals surface area contributed by atoms with Crippen molar-refractivity contribution in [3.05, 3.63) is 65.2 Å². The van der Waals surface area contributed by atoms with Crippen LogP contribution in [0.4, 0.5) is 23.2 Å². The van der Waals surface area contributed by atoms with Crippen molar-refractivity contribution in [3.63, 3.8) is 0 Å². The van der Waals surface area contributed by atoms with Crippen LogP contribution in [0.25, 0.3) is 0 Å². The van der Waals surface area contributed by atoms with Crippen LogP contribution in [0.5, 0.6) is 0 Å². The first-order chi connectivity index (χ1) is 12.0. The highest BCUT2D eigenvalue weighted by Crippen LogP contribution is 2.25. The van der Waals surface area contributed by atoms with Gasteiger partial charge in [-0.15, -0.1) is 0 Å². The number of amides is 1. The Labute approximate surface area is 142 Å². The molecule has 25 heavy (non-hydrogen) atoms. The van der Waals surface area contributed by atoms with Crippen LogP contribution in [0, 0.1) is 29.2 Å². The van der Waals surface area contributed by atoms with Gasteiger partial charge in [-0.1, -0.05) is 6.07 Å². The Morgan fingerprint density at radius 2 is 1.76 bits per heavy atom. The molecule has 0 bridgehead atoms. The minimum atomic E-state index is -0.913. The van der Waals surface area contributed by atoms with Gasteiger partial charge in [-0.25, -0.2) is 17.6 Å². The predicted octanol–water partition coefficient (Wildman–Crippen LogP) is 3.50. The molecule has 1 heterocycles. The van der Waals surface area contributed by atoms with Crippen LogP contribution < -0.4 is 10.2 Å². The van der Waals surface area contributed by atoms with Gasteiger partial charge in [0.15, 0.2) is 11.6 Å². The smallest absolute Gasteiger partial charge is 0.257 e. The topological polar surface area (TPSA) is 32.3 Å². The molecule has 0 spiro atoms. The number of hydrogen-bond donors (Lipinski definition) is 1. The van der Waals surface area contributed by atoms with Crippen LogP contribution in [0.15, 0.2) is 36.4 Å². The van der Waals surface area contributed by atoms with E-state index in [0.717, 1.165) is 30.7 Å². The van der Waals surface area contributed by atoms with E-state index in [2.05, 4.69) is 5.32 Å². The predicted molar refractivity (Wildman–Crippen MR) is 85.4 cm³/mol. The van der Waals surface area contributed by atoms with Crippen LogP contribution in [0.2, 0.25) is 0 Å². The average Bonchev–Trinajstić information content (AvgIpc) is 3.04. The fourth-order valence-corrected chi connectivity index (χ4v) is 2.96. The highest BCUT2D eigenvalue weighted by molar-refractivity contribution is 5.94. The van der Waals surface area contributed by atoms with E-state index in [1.165, 1.54) is 12.1 Å². The lowest BCUT2D eigenvalue weighted by atomic mass is 10.1. The Kier molecular flexibility index (Phi) is 4.92. The zero-order valence-corrected chi connectivity index (χ0v) is 13.2. The number of benzene rings is 2. The van der Waals surface area contributed by atoms with Gasteiger partial charge in [0.1, 0.15) is 17.2 Å². The maximum absolute atomic E-state index is 13.6. The van der Waals surface area contributed by atoms with Gasteiger partial charge >= 0.3 is 0 Å². The zero-order chi connectivity index (χ0) is 18.0. The maximum atomic E-state index is 13.6. The molecule has 1 atom stereocenters. The molecule has 0 radical (unpaired) electrons. The van der Waals surface area contributed by atoms with Crippen molar-refractivity contribution in [1.82, 2.24) is 5.32 Å². The number of halogens is 4. The van der Waals surface area contributed by atoms with Crippen LogP contribution in [-0.2, 0) is 0 Å². The highest BCUT2D eigenvalue weighted by Gasteiger charge is 2.25. The molecule has 2 aromatic rings. The van der Waals surface area contributed by atoms with Gasteiger partial charge in [-0.3, -0.25) is 4.79 Å². The summed E-state index contributed by atoms with van der Waals surface area (Å²) in [4.78, 5) is 13.9. The Balaban J connectivity index is 1.58. The van der Waals surface area contributed by atoms with Crippen LogP contribution in [0.3, 0.4) is 0 Å². The minimum Gasteiger partial charge on any atom is -0.371 e. The molecule has 1 aliphatic rings. The molecule has 7 heteroatoms. The van der Waals surface area contributed by atoms with Gasteiger partial charge < -0.3 is 10.2 Å². The van der Waals surface area contributed by atoms with Gasteiger partial charge in [-0.2, -0.15) is 0 Å². The van der Waals surface area contributed by atoms with Gasteiger partial charge in [-0.05, 0) is 36.6 Å². The lowest BCUT2D eigenvalue weighted by molar-refractivity contribution is 0.0940. The molecular formula is C18H16F4N2O. The van der Waals surface area contributed by atoms with Crippen molar-refractivity contribution in [3.8, 4) is 0 Å². The summed E-state index contributed by atoms with van der Waals surface area (Å²) in [5, 5.41) is 2.54. The number of hydrogen-bond acceptors (Lipinski definition) is 2. The fraction of sp³-hybridized carbons (Fsp3) is 0.278. The Hall–Kier alpha value is -2.57. The molecule has 3 rings (SSSR count). The van der Waals surface area contributed by atoms with E-state index in [0.29, 0.717) is 18.8 Å². The van der Waals surface area contributed by atoms with Crippen molar-refractivity contribution < 1.29 is 22.4 Å². The first kappa shape index (κ1) is 17.3. The number of carbonyl (C=O) groups is 1. The van der Waals surface area contributed by atoms with Gasteiger partial charge in [0.2, 0.25) is 0 Å². The van der Waals surface area contributed by atoms with E-state index >= 15 is 0 Å². The Morgan fingerprint density at radius 1 is 1.04 bits per heavy atom. The van der Waals surface area contributed by atoms with Crippen molar-refractivity contribution in [2.24, 2.45) is 5.92 Å². The third-order valence-electron chi connectivity index (χ3n) is 4.30. The van der Waals surface area contributed by atoms with Crippen molar-refractivity contribution in [1.29, 1.82) is 0 Å². The normalized spacial score (nSPS) is 17.0. The summed E-state index contributed by atoms with van der Waals surface area (Å²) in [6.45, 7) is 1.40. The van der Waals surface area contributed by atoms with Gasteiger partial charge in [0.25, 0.3) is 5.91 Å². The van der Waals surface area contributed by atoms with Crippen molar-refractivity contribution in [2.45, 2.75) is 6.42 Å². The number of rotatable bonds is 4. The molecule has 0 aromatic heterocycles. The van der Waals surface area contributed by atoms with Crippen molar-refractivity contribution >= 4 is 11.6 Å². The summed E-state index contributed by atoms with van der Waals surface area (Å²) in [6, 6.07) is 6.94. The van der Waals surface area contributed by atoms with Gasteiger partial charge in [0, 0.05) is 31.4 Å².